The number of amides is 1. The fourth-order valence-corrected chi connectivity index (χ4v) is 2.98. The maximum Gasteiger partial charge on any atom is 0.259 e. The first-order chi connectivity index (χ1) is 9.45. The highest BCUT2D eigenvalue weighted by atomic mass is 35.5. The molecule has 0 N–H and O–H groups in total. The van der Waals surface area contributed by atoms with Crippen LogP contribution < -0.4 is 4.74 Å². The SMILES string of the molecule is COc1c(Cl)ccc(Cl)c1C(=O)N1CCN(C)CC1C. The van der Waals surface area contributed by atoms with Gasteiger partial charge in [-0.2, -0.15) is 0 Å². The summed E-state index contributed by atoms with van der Waals surface area (Å²) in [5, 5.41) is 0.754. The summed E-state index contributed by atoms with van der Waals surface area (Å²) in [7, 11) is 3.53. The van der Waals surface area contributed by atoms with Crippen molar-refractivity contribution in [1.82, 2.24) is 9.80 Å². The van der Waals surface area contributed by atoms with Gasteiger partial charge in [-0.3, -0.25) is 4.79 Å². The van der Waals surface area contributed by atoms with Crippen LogP contribution in [0.25, 0.3) is 0 Å². The molecule has 0 spiro atoms. The summed E-state index contributed by atoms with van der Waals surface area (Å²) in [6.07, 6.45) is 0. The largest absolute Gasteiger partial charge is 0.494 e. The molecule has 20 heavy (non-hydrogen) atoms. The third kappa shape index (κ3) is 2.87. The monoisotopic (exact) mass is 316 g/mol. The van der Waals surface area contributed by atoms with Crippen molar-refractivity contribution in [2.24, 2.45) is 0 Å². The maximum atomic E-state index is 12.8. The van der Waals surface area contributed by atoms with Crippen LogP contribution in [0.4, 0.5) is 0 Å². The van der Waals surface area contributed by atoms with E-state index in [0.29, 0.717) is 27.9 Å². The summed E-state index contributed by atoms with van der Waals surface area (Å²) in [5.74, 6) is 0.213. The Hall–Kier alpha value is -0.970. The molecule has 110 valence electrons. The fourth-order valence-electron chi connectivity index (χ4n) is 2.52. The summed E-state index contributed by atoms with van der Waals surface area (Å²) < 4.78 is 5.25. The number of benzene rings is 1. The number of methoxy groups -OCH3 is 1. The molecular formula is C14H18Cl2N2O2. The molecule has 1 aromatic rings. The minimum atomic E-state index is -0.130. The Morgan fingerprint density at radius 3 is 2.55 bits per heavy atom. The zero-order chi connectivity index (χ0) is 14.9. The number of piperazine rings is 1. The van der Waals surface area contributed by atoms with E-state index in [0.717, 1.165) is 13.1 Å². The Morgan fingerprint density at radius 1 is 1.30 bits per heavy atom. The van der Waals surface area contributed by atoms with Crippen LogP contribution in [0.1, 0.15) is 17.3 Å². The number of carbonyl (C=O) groups excluding carboxylic acids is 1. The van der Waals surface area contributed by atoms with E-state index >= 15 is 0 Å². The van der Waals surface area contributed by atoms with Crippen LogP contribution in [-0.4, -0.2) is 55.5 Å². The number of nitrogens with zero attached hydrogens (tertiary/aromatic N) is 2. The second kappa shape index (κ2) is 6.20. The number of rotatable bonds is 2. The zero-order valence-corrected chi connectivity index (χ0v) is 13.3. The van der Waals surface area contributed by atoms with Crippen molar-refractivity contribution in [3.63, 3.8) is 0 Å². The maximum absolute atomic E-state index is 12.8. The van der Waals surface area contributed by atoms with E-state index < -0.39 is 0 Å². The van der Waals surface area contributed by atoms with Gasteiger partial charge in [-0.1, -0.05) is 23.2 Å². The molecule has 4 nitrogen and oxygen atoms in total. The Morgan fingerprint density at radius 2 is 1.95 bits per heavy atom. The molecule has 6 heteroatoms. The number of hydrogen-bond donors (Lipinski definition) is 0. The molecule has 1 aliphatic rings. The Labute approximate surface area is 129 Å². The van der Waals surface area contributed by atoms with Crippen LogP contribution >= 0.6 is 23.2 Å². The van der Waals surface area contributed by atoms with Crippen molar-refractivity contribution in [3.05, 3.63) is 27.7 Å². The molecule has 1 saturated heterocycles. The number of likely N-dealkylation sites (N-methyl/N-ethyl adjacent to an activating group) is 1. The first kappa shape index (κ1) is 15.4. The highest BCUT2D eigenvalue weighted by Crippen LogP contribution is 2.35. The Bertz CT molecular complexity index is 522. The first-order valence-electron chi connectivity index (χ1n) is 6.47. The second-order valence-corrected chi connectivity index (χ2v) is 5.86. The standard InChI is InChI=1S/C14H18Cl2N2O2/c1-9-8-17(2)6-7-18(9)14(19)12-10(15)4-5-11(16)13(12)20-3/h4-5,9H,6-8H2,1-3H3. The topological polar surface area (TPSA) is 32.8 Å². The van der Waals surface area contributed by atoms with E-state index in [9.17, 15) is 4.79 Å². The third-order valence-corrected chi connectivity index (χ3v) is 4.18. The van der Waals surface area contributed by atoms with Crippen LogP contribution in [0.2, 0.25) is 10.0 Å². The van der Waals surface area contributed by atoms with Gasteiger partial charge in [0.1, 0.15) is 5.56 Å². The predicted molar refractivity (Wildman–Crippen MR) is 81.0 cm³/mol. The highest BCUT2D eigenvalue weighted by molar-refractivity contribution is 6.37. The predicted octanol–water partition coefficient (Wildman–Crippen LogP) is 2.78. The molecule has 1 unspecified atom stereocenters. The minimum Gasteiger partial charge on any atom is -0.494 e. The van der Waals surface area contributed by atoms with E-state index in [2.05, 4.69) is 4.90 Å². The lowest BCUT2D eigenvalue weighted by molar-refractivity contribution is 0.0530. The lowest BCUT2D eigenvalue weighted by Gasteiger charge is -2.38. The van der Waals surface area contributed by atoms with Gasteiger partial charge in [-0.25, -0.2) is 0 Å². The van der Waals surface area contributed by atoms with Gasteiger partial charge in [0, 0.05) is 25.7 Å². The van der Waals surface area contributed by atoms with Gasteiger partial charge in [0.15, 0.2) is 5.75 Å². The smallest absolute Gasteiger partial charge is 0.259 e. The molecule has 0 radical (unpaired) electrons. The number of halogens is 2. The molecular weight excluding hydrogens is 299 g/mol. The van der Waals surface area contributed by atoms with Gasteiger partial charge in [0.05, 0.1) is 17.2 Å². The van der Waals surface area contributed by atoms with E-state index in [1.54, 1.807) is 12.1 Å². The minimum absolute atomic E-state index is 0.126. The summed E-state index contributed by atoms with van der Waals surface area (Å²) in [6.45, 7) is 4.38. The third-order valence-electron chi connectivity index (χ3n) is 3.57. The van der Waals surface area contributed by atoms with Crippen LogP contribution in [0.15, 0.2) is 12.1 Å². The zero-order valence-electron chi connectivity index (χ0n) is 11.8. The van der Waals surface area contributed by atoms with Crippen molar-refractivity contribution in [3.8, 4) is 5.75 Å². The molecule has 0 aromatic heterocycles. The second-order valence-electron chi connectivity index (χ2n) is 5.05. The molecule has 0 saturated carbocycles. The molecule has 1 heterocycles. The first-order valence-corrected chi connectivity index (χ1v) is 7.22. The lowest BCUT2D eigenvalue weighted by atomic mass is 10.1. The number of carbonyl (C=O) groups is 1. The Kier molecular flexibility index (Phi) is 4.78. The van der Waals surface area contributed by atoms with Gasteiger partial charge in [-0.15, -0.1) is 0 Å². The van der Waals surface area contributed by atoms with Crippen molar-refractivity contribution in [1.29, 1.82) is 0 Å². The van der Waals surface area contributed by atoms with Gasteiger partial charge >= 0.3 is 0 Å². The van der Waals surface area contributed by atoms with Crippen molar-refractivity contribution < 1.29 is 9.53 Å². The van der Waals surface area contributed by atoms with Gasteiger partial charge in [0.25, 0.3) is 5.91 Å². The molecule has 1 aliphatic heterocycles. The molecule has 1 amide bonds. The number of hydrogen-bond acceptors (Lipinski definition) is 3. The van der Waals surface area contributed by atoms with Crippen molar-refractivity contribution in [2.45, 2.75) is 13.0 Å². The van der Waals surface area contributed by atoms with Crippen LogP contribution in [0.5, 0.6) is 5.75 Å². The molecule has 0 bridgehead atoms. The van der Waals surface area contributed by atoms with Gasteiger partial charge in [-0.05, 0) is 26.1 Å². The van der Waals surface area contributed by atoms with Gasteiger partial charge < -0.3 is 14.5 Å². The summed E-state index contributed by atoms with van der Waals surface area (Å²) in [5.41, 5.74) is 0.345. The van der Waals surface area contributed by atoms with Crippen LogP contribution in [0, 0.1) is 0 Å². The van der Waals surface area contributed by atoms with E-state index in [-0.39, 0.29) is 11.9 Å². The molecule has 1 atom stereocenters. The van der Waals surface area contributed by atoms with E-state index in [4.69, 9.17) is 27.9 Å². The Balaban J connectivity index is 2.36. The quantitative estimate of drug-likeness (QED) is 0.841. The summed E-state index contributed by atoms with van der Waals surface area (Å²) >= 11 is 12.3. The van der Waals surface area contributed by atoms with Gasteiger partial charge in [0.2, 0.25) is 0 Å². The molecule has 1 aromatic carbocycles. The summed E-state index contributed by atoms with van der Waals surface area (Å²) in [4.78, 5) is 16.8. The summed E-state index contributed by atoms with van der Waals surface area (Å²) in [6, 6.07) is 3.38. The van der Waals surface area contributed by atoms with Crippen LogP contribution in [0.3, 0.4) is 0 Å². The van der Waals surface area contributed by atoms with E-state index in [1.165, 1.54) is 7.11 Å². The average Bonchev–Trinajstić information content (AvgIpc) is 2.40. The van der Waals surface area contributed by atoms with Crippen LogP contribution in [-0.2, 0) is 0 Å². The molecule has 2 rings (SSSR count). The normalized spacial score (nSPS) is 20.1. The number of ether oxygens (including phenoxy) is 1. The fraction of sp³-hybridized carbons (Fsp3) is 0.500. The van der Waals surface area contributed by atoms with E-state index in [1.807, 2.05) is 18.9 Å². The van der Waals surface area contributed by atoms with Crippen molar-refractivity contribution >= 4 is 29.1 Å². The lowest BCUT2D eigenvalue weighted by Crippen LogP contribution is -2.52. The average molecular weight is 317 g/mol. The molecule has 1 fully saturated rings. The van der Waals surface area contributed by atoms with Crippen molar-refractivity contribution in [2.75, 3.05) is 33.8 Å². The highest BCUT2D eigenvalue weighted by Gasteiger charge is 2.30. The molecule has 0 aliphatic carbocycles.